The monoisotopic (exact) mass is 432 g/mol. The third-order valence-electron chi connectivity index (χ3n) is 6.29. The van der Waals surface area contributed by atoms with Crippen LogP contribution in [0.25, 0.3) is 0 Å². The molecule has 0 saturated carbocycles. The third kappa shape index (κ3) is 5.74. The Morgan fingerprint density at radius 3 is 2.29 bits per heavy atom. The Morgan fingerprint density at radius 1 is 1.03 bits per heavy atom. The molecule has 31 heavy (non-hydrogen) atoms. The topological polar surface area (TPSA) is 73.0 Å². The van der Waals surface area contributed by atoms with Gasteiger partial charge in [0.2, 0.25) is 11.8 Å². The number of nitrogens with one attached hydrogen (secondary N) is 1. The molecule has 7 nitrogen and oxygen atoms in total. The van der Waals surface area contributed by atoms with Gasteiger partial charge in [0.1, 0.15) is 5.82 Å². The van der Waals surface area contributed by atoms with Gasteiger partial charge in [-0.3, -0.25) is 9.59 Å². The van der Waals surface area contributed by atoms with E-state index in [9.17, 15) is 18.8 Å². The lowest BCUT2D eigenvalue weighted by atomic mass is 9.88. The number of rotatable bonds is 5. The van der Waals surface area contributed by atoms with Gasteiger partial charge in [-0.15, -0.1) is 0 Å². The molecular formula is C23H33FN4O3. The van der Waals surface area contributed by atoms with E-state index in [0.29, 0.717) is 52.1 Å². The number of benzene rings is 1. The molecule has 2 atom stereocenters. The van der Waals surface area contributed by atoms with Crippen molar-refractivity contribution < 1.29 is 18.8 Å². The smallest absolute Gasteiger partial charge is 0.317 e. The summed E-state index contributed by atoms with van der Waals surface area (Å²) in [6.07, 6.45) is 3.20. The number of hydrogen-bond acceptors (Lipinski definition) is 3. The minimum absolute atomic E-state index is 0.0295. The van der Waals surface area contributed by atoms with Gasteiger partial charge in [-0.05, 0) is 37.0 Å². The second kappa shape index (κ2) is 10.6. The predicted molar refractivity (Wildman–Crippen MR) is 116 cm³/mol. The number of carbonyl (C=O) groups excluding carboxylic acids is 3. The zero-order valence-corrected chi connectivity index (χ0v) is 18.5. The fraction of sp³-hybridized carbons (Fsp3) is 0.609. The molecule has 4 amide bonds. The van der Waals surface area contributed by atoms with Crippen LogP contribution in [0.1, 0.15) is 51.1 Å². The van der Waals surface area contributed by atoms with E-state index in [0.717, 1.165) is 18.4 Å². The number of carbonyl (C=O) groups is 3. The van der Waals surface area contributed by atoms with Crippen LogP contribution in [0.5, 0.6) is 0 Å². The Morgan fingerprint density at radius 2 is 1.68 bits per heavy atom. The molecule has 3 rings (SSSR count). The molecule has 0 aromatic heterocycles. The van der Waals surface area contributed by atoms with Crippen LogP contribution < -0.4 is 5.32 Å². The molecule has 0 unspecified atom stereocenters. The van der Waals surface area contributed by atoms with Gasteiger partial charge >= 0.3 is 6.03 Å². The highest BCUT2D eigenvalue weighted by molar-refractivity contribution is 5.82. The summed E-state index contributed by atoms with van der Waals surface area (Å²) >= 11 is 0. The number of piperidine rings is 1. The lowest BCUT2D eigenvalue weighted by Gasteiger charge is -2.42. The van der Waals surface area contributed by atoms with Gasteiger partial charge in [-0.25, -0.2) is 9.18 Å². The van der Waals surface area contributed by atoms with Crippen LogP contribution in [0.15, 0.2) is 24.3 Å². The van der Waals surface area contributed by atoms with Gasteiger partial charge in [0, 0.05) is 46.2 Å². The summed E-state index contributed by atoms with van der Waals surface area (Å²) in [6, 6.07) is 5.90. The number of amides is 4. The molecule has 0 bridgehead atoms. The zero-order valence-electron chi connectivity index (χ0n) is 18.5. The average molecular weight is 433 g/mol. The molecular weight excluding hydrogens is 399 g/mol. The van der Waals surface area contributed by atoms with E-state index in [-0.39, 0.29) is 35.6 Å². The van der Waals surface area contributed by atoms with Crippen LogP contribution in [0.2, 0.25) is 0 Å². The van der Waals surface area contributed by atoms with Crippen molar-refractivity contribution in [2.24, 2.45) is 5.92 Å². The van der Waals surface area contributed by atoms with E-state index in [2.05, 4.69) is 12.2 Å². The van der Waals surface area contributed by atoms with Crippen molar-refractivity contribution in [3.63, 3.8) is 0 Å². The first-order chi connectivity index (χ1) is 14.9. The first-order valence-corrected chi connectivity index (χ1v) is 11.2. The van der Waals surface area contributed by atoms with Crippen LogP contribution >= 0.6 is 0 Å². The third-order valence-corrected chi connectivity index (χ3v) is 6.29. The Balaban J connectivity index is 1.69. The SMILES string of the molecule is CCCCNC(=O)N1C[C@@H](C(=O)N2CCN(C(C)=O)CC2)CC[C@@H]1c1ccc(F)cc1. The van der Waals surface area contributed by atoms with Gasteiger partial charge in [0.05, 0.1) is 12.0 Å². The summed E-state index contributed by atoms with van der Waals surface area (Å²) in [6.45, 7) is 6.69. The van der Waals surface area contributed by atoms with E-state index in [1.807, 2.05) is 4.90 Å². The van der Waals surface area contributed by atoms with E-state index < -0.39 is 0 Å². The van der Waals surface area contributed by atoms with Crippen molar-refractivity contribution in [2.45, 2.75) is 45.6 Å². The molecule has 170 valence electrons. The molecule has 1 N–H and O–H groups in total. The Labute approximate surface area is 183 Å². The van der Waals surface area contributed by atoms with Crippen molar-refractivity contribution in [3.8, 4) is 0 Å². The quantitative estimate of drug-likeness (QED) is 0.728. The highest BCUT2D eigenvalue weighted by Crippen LogP contribution is 2.34. The molecule has 2 aliphatic rings. The molecule has 1 aromatic carbocycles. The minimum atomic E-state index is -0.309. The van der Waals surface area contributed by atoms with Crippen LogP contribution in [-0.2, 0) is 9.59 Å². The largest absolute Gasteiger partial charge is 0.339 e. The van der Waals surface area contributed by atoms with E-state index in [1.165, 1.54) is 12.1 Å². The Hall–Kier alpha value is -2.64. The molecule has 2 heterocycles. The van der Waals surface area contributed by atoms with Crippen molar-refractivity contribution in [1.82, 2.24) is 20.0 Å². The predicted octanol–water partition coefficient (Wildman–Crippen LogP) is 2.78. The fourth-order valence-corrected chi connectivity index (χ4v) is 4.40. The number of halogens is 1. The van der Waals surface area contributed by atoms with Crippen LogP contribution in [0.3, 0.4) is 0 Å². The van der Waals surface area contributed by atoms with Gasteiger partial charge in [-0.2, -0.15) is 0 Å². The summed E-state index contributed by atoms with van der Waals surface area (Å²) in [7, 11) is 0. The average Bonchev–Trinajstić information content (AvgIpc) is 2.79. The summed E-state index contributed by atoms with van der Waals surface area (Å²) in [5.41, 5.74) is 0.882. The lowest BCUT2D eigenvalue weighted by Crippen LogP contribution is -2.55. The first kappa shape index (κ1) is 23.0. The maximum atomic E-state index is 13.4. The number of hydrogen-bond donors (Lipinski definition) is 1. The van der Waals surface area contributed by atoms with E-state index >= 15 is 0 Å². The van der Waals surface area contributed by atoms with Crippen molar-refractivity contribution >= 4 is 17.8 Å². The highest BCUT2D eigenvalue weighted by Gasteiger charge is 2.37. The second-order valence-corrected chi connectivity index (χ2v) is 8.41. The number of nitrogens with zero attached hydrogens (tertiary/aromatic N) is 3. The van der Waals surface area contributed by atoms with Gasteiger partial charge in [-0.1, -0.05) is 25.5 Å². The molecule has 1 aromatic rings. The molecule has 2 aliphatic heterocycles. The normalized spacial score (nSPS) is 21.7. The summed E-state index contributed by atoms with van der Waals surface area (Å²) in [4.78, 5) is 43.0. The van der Waals surface area contributed by atoms with Gasteiger partial charge in [0.25, 0.3) is 0 Å². The molecule has 0 radical (unpaired) electrons. The van der Waals surface area contributed by atoms with Crippen molar-refractivity contribution in [1.29, 1.82) is 0 Å². The maximum absolute atomic E-state index is 13.4. The van der Waals surface area contributed by atoms with Crippen LogP contribution in [-0.4, -0.2) is 71.8 Å². The highest BCUT2D eigenvalue weighted by atomic mass is 19.1. The standard InChI is InChI=1S/C23H33FN4O3/c1-3-4-11-25-23(31)28-16-19(7-10-21(28)18-5-8-20(24)9-6-18)22(30)27-14-12-26(13-15-27)17(2)29/h5-6,8-9,19,21H,3-4,7,10-16H2,1-2H3,(H,25,31)/t19-,21+/m0/s1. The van der Waals surface area contributed by atoms with Crippen LogP contribution in [0, 0.1) is 11.7 Å². The van der Waals surface area contributed by atoms with E-state index in [4.69, 9.17) is 0 Å². The van der Waals surface area contributed by atoms with Gasteiger partial charge < -0.3 is 20.0 Å². The number of piperazine rings is 1. The molecule has 8 heteroatoms. The van der Waals surface area contributed by atoms with Crippen molar-refractivity contribution in [2.75, 3.05) is 39.3 Å². The minimum Gasteiger partial charge on any atom is -0.339 e. The molecule has 0 aliphatic carbocycles. The number of unbranched alkanes of at least 4 members (excludes halogenated alkanes) is 1. The zero-order chi connectivity index (χ0) is 22.4. The molecule has 0 spiro atoms. The summed E-state index contributed by atoms with van der Waals surface area (Å²) < 4.78 is 13.4. The number of urea groups is 1. The summed E-state index contributed by atoms with van der Waals surface area (Å²) in [5.74, 6) is -0.497. The van der Waals surface area contributed by atoms with Crippen molar-refractivity contribution in [3.05, 3.63) is 35.6 Å². The van der Waals surface area contributed by atoms with Crippen LogP contribution in [0.4, 0.5) is 9.18 Å². The Bertz CT molecular complexity index is 778. The lowest BCUT2D eigenvalue weighted by molar-refractivity contribution is -0.142. The maximum Gasteiger partial charge on any atom is 0.317 e. The Kier molecular flexibility index (Phi) is 7.87. The van der Waals surface area contributed by atoms with Gasteiger partial charge in [0.15, 0.2) is 0 Å². The summed E-state index contributed by atoms with van der Waals surface area (Å²) in [5, 5.41) is 2.97. The second-order valence-electron chi connectivity index (χ2n) is 8.41. The molecule has 2 saturated heterocycles. The van der Waals surface area contributed by atoms with E-state index in [1.54, 1.807) is 28.9 Å². The first-order valence-electron chi connectivity index (χ1n) is 11.2. The molecule has 2 fully saturated rings. The number of likely N-dealkylation sites (tertiary alicyclic amines) is 1. The fourth-order valence-electron chi connectivity index (χ4n) is 4.40.